The number of sulfonamides is 1. The molecule has 1 aromatic carbocycles. The number of anilines is 2. The lowest BCUT2D eigenvalue weighted by atomic mass is 10.1. The lowest BCUT2D eigenvalue weighted by Crippen LogP contribution is -2.16. The molecule has 18 heavy (non-hydrogen) atoms. The first-order valence-corrected chi connectivity index (χ1v) is 7.11. The van der Waals surface area contributed by atoms with Crippen LogP contribution in [0.2, 0.25) is 0 Å². The Labute approximate surface area is 107 Å². The van der Waals surface area contributed by atoms with Crippen LogP contribution in [-0.4, -0.2) is 26.2 Å². The van der Waals surface area contributed by atoms with Gasteiger partial charge in [-0.25, -0.2) is 13.6 Å². The van der Waals surface area contributed by atoms with E-state index in [-0.39, 0.29) is 4.90 Å². The van der Waals surface area contributed by atoms with E-state index in [9.17, 15) is 8.42 Å². The number of aliphatic hydroxyl groups is 1. The molecular weight excluding hydrogens is 254 g/mol. The maximum atomic E-state index is 11.4. The number of hydrogen-bond donors (Lipinski definition) is 4. The maximum absolute atomic E-state index is 11.4. The average molecular weight is 273 g/mol. The highest BCUT2D eigenvalue weighted by molar-refractivity contribution is 7.89. The molecule has 6 N–H and O–H groups in total. The number of nitrogens with two attached hydrogens (primary N) is 2. The van der Waals surface area contributed by atoms with Crippen LogP contribution in [0.25, 0.3) is 0 Å². The molecule has 1 unspecified atom stereocenters. The summed E-state index contributed by atoms with van der Waals surface area (Å²) in [5.74, 6) is 0. The van der Waals surface area contributed by atoms with Gasteiger partial charge >= 0.3 is 0 Å². The van der Waals surface area contributed by atoms with Gasteiger partial charge in [-0.1, -0.05) is 0 Å². The van der Waals surface area contributed by atoms with E-state index in [2.05, 4.69) is 5.32 Å². The number of hydrogen-bond acceptors (Lipinski definition) is 5. The second-order valence-corrected chi connectivity index (χ2v) is 5.83. The van der Waals surface area contributed by atoms with Gasteiger partial charge in [0.2, 0.25) is 10.0 Å². The zero-order chi connectivity index (χ0) is 13.9. The van der Waals surface area contributed by atoms with Gasteiger partial charge < -0.3 is 16.2 Å². The van der Waals surface area contributed by atoms with Crippen molar-refractivity contribution in [1.29, 1.82) is 0 Å². The van der Waals surface area contributed by atoms with Gasteiger partial charge in [0.1, 0.15) is 0 Å². The first-order chi connectivity index (χ1) is 8.21. The van der Waals surface area contributed by atoms with Crippen LogP contribution in [0.1, 0.15) is 18.9 Å². The van der Waals surface area contributed by atoms with E-state index in [0.29, 0.717) is 29.9 Å². The van der Waals surface area contributed by atoms with E-state index >= 15 is 0 Å². The highest BCUT2D eigenvalue weighted by Crippen LogP contribution is 2.26. The Balaban J connectivity index is 3.03. The van der Waals surface area contributed by atoms with Crippen molar-refractivity contribution in [3.8, 4) is 0 Å². The van der Waals surface area contributed by atoms with Gasteiger partial charge in [0, 0.05) is 17.9 Å². The van der Waals surface area contributed by atoms with Gasteiger partial charge in [-0.2, -0.15) is 0 Å². The monoisotopic (exact) mass is 273 g/mol. The summed E-state index contributed by atoms with van der Waals surface area (Å²) < 4.78 is 22.8. The van der Waals surface area contributed by atoms with Crippen molar-refractivity contribution in [3.63, 3.8) is 0 Å². The van der Waals surface area contributed by atoms with E-state index in [1.807, 2.05) is 0 Å². The Morgan fingerprint density at radius 3 is 2.56 bits per heavy atom. The molecule has 1 rings (SSSR count). The topological polar surface area (TPSA) is 118 Å². The van der Waals surface area contributed by atoms with E-state index < -0.39 is 16.1 Å². The fourth-order valence-electron chi connectivity index (χ4n) is 1.60. The highest BCUT2D eigenvalue weighted by Gasteiger charge is 2.15. The van der Waals surface area contributed by atoms with E-state index in [1.54, 1.807) is 19.9 Å². The second kappa shape index (κ2) is 5.55. The fraction of sp³-hybridized carbons (Fsp3) is 0.455. The van der Waals surface area contributed by atoms with Crippen molar-refractivity contribution in [3.05, 3.63) is 17.7 Å². The minimum absolute atomic E-state index is 0.0158. The smallest absolute Gasteiger partial charge is 0.238 e. The third-order valence-electron chi connectivity index (χ3n) is 2.57. The minimum Gasteiger partial charge on any atom is -0.399 e. The highest BCUT2D eigenvalue weighted by atomic mass is 32.2. The van der Waals surface area contributed by atoms with Crippen molar-refractivity contribution in [2.75, 3.05) is 17.6 Å². The normalized spacial score (nSPS) is 13.3. The van der Waals surface area contributed by atoms with E-state index in [0.717, 1.165) is 0 Å². The zero-order valence-corrected chi connectivity index (χ0v) is 11.3. The molecule has 1 aromatic rings. The van der Waals surface area contributed by atoms with Gasteiger partial charge in [-0.05, 0) is 38.0 Å². The molecule has 0 aliphatic rings. The Morgan fingerprint density at radius 1 is 1.44 bits per heavy atom. The molecule has 0 spiro atoms. The first kappa shape index (κ1) is 14.7. The average Bonchev–Trinajstić information content (AvgIpc) is 2.20. The van der Waals surface area contributed by atoms with E-state index in [4.69, 9.17) is 16.0 Å². The van der Waals surface area contributed by atoms with E-state index in [1.165, 1.54) is 6.07 Å². The number of primary sulfonamides is 1. The van der Waals surface area contributed by atoms with Crippen LogP contribution >= 0.6 is 0 Å². The van der Waals surface area contributed by atoms with Crippen LogP contribution in [0.15, 0.2) is 17.0 Å². The van der Waals surface area contributed by atoms with Crippen molar-refractivity contribution < 1.29 is 13.5 Å². The number of nitrogen functional groups attached to an aromatic ring is 1. The third kappa shape index (κ3) is 3.86. The molecular formula is C11H19N3O3S. The number of rotatable bonds is 5. The molecule has 0 radical (unpaired) electrons. The molecule has 0 heterocycles. The summed E-state index contributed by atoms with van der Waals surface area (Å²) in [7, 11) is -3.79. The van der Waals surface area contributed by atoms with Gasteiger partial charge in [0.15, 0.2) is 0 Å². The van der Waals surface area contributed by atoms with Crippen LogP contribution in [0.3, 0.4) is 0 Å². The molecule has 6 nitrogen and oxygen atoms in total. The molecule has 1 atom stereocenters. The summed E-state index contributed by atoms with van der Waals surface area (Å²) in [4.78, 5) is 0.0158. The lowest BCUT2D eigenvalue weighted by molar-refractivity contribution is 0.188. The number of benzene rings is 1. The molecule has 0 bridgehead atoms. The molecule has 0 saturated carbocycles. The van der Waals surface area contributed by atoms with Gasteiger partial charge in [-0.3, -0.25) is 0 Å². The first-order valence-electron chi connectivity index (χ1n) is 5.56. The molecule has 7 heteroatoms. The van der Waals surface area contributed by atoms with Crippen LogP contribution < -0.4 is 16.2 Å². The van der Waals surface area contributed by atoms with Crippen molar-refractivity contribution in [2.24, 2.45) is 5.14 Å². The Morgan fingerprint density at radius 2 is 2.06 bits per heavy atom. The van der Waals surface area contributed by atoms with Gasteiger partial charge in [0.25, 0.3) is 0 Å². The summed E-state index contributed by atoms with van der Waals surface area (Å²) in [6.07, 6.45) is 0.135. The summed E-state index contributed by atoms with van der Waals surface area (Å²) in [5.41, 5.74) is 7.11. The molecule has 0 aliphatic heterocycles. The van der Waals surface area contributed by atoms with Crippen LogP contribution in [0.5, 0.6) is 0 Å². The fourth-order valence-corrected chi connectivity index (χ4v) is 2.44. The second-order valence-electron chi connectivity index (χ2n) is 4.30. The third-order valence-corrected chi connectivity index (χ3v) is 3.60. The standard InChI is InChI=1S/C11H19N3O3S/c1-7(15)3-4-14-10-5-9(12)6-11(8(10)2)18(13,16)17/h5-7,14-15H,3-4,12H2,1-2H3,(H2,13,16,17). The van der Waals surface area contributed by atoms with Crippen LogP contribution in [0.4, 0.5) is 11.4 Å². The molecule has 0 aliphatic carbocycles. The Hall–Kier alpha value is -1.31. The summed E-state index contributed by atoms with van der Waals surface area (Å²) in [5, 5.41) is 17.3. The van der Waals surface area contributed by atoms with Gasteiger partial charge in [-0.15, -0.1) is 0 Å². The molecule has 0 amide bonds. The van der Waals surface area contributed by atoms with Gasteiger partial charge in [0.05, 0.1) is 11.0 Å². The Kier molecular flexibility index (Phi) is 4.55. The van der Waals surface area contributed by atoms with Crippen molar-refractivity contribution >= 4 is 21.4 Å². The maximum Gasteiger partial charge on any atom is 0.238 e. The van der Waals surface area contributed by atoms with Crippen LogP contribution in [-0.2, 0) is 10.0 Å². The zero-order valence-electron chi connectivity index (χ0n) is 10.5. The number of nitrogens with one attached hydrogen (secondary N) is 1. The molecule has 0 aromatic heterocycles. The summed E-state index contributed by atoms with van der Waals surface area (Å²) >= 11 is 0. The number of aliphatic hydroxyl groups excluding tert-OH is 1. The Bertz CT molecular complexity index is 527. The van der Waals surface area contributed by atoms with Crippen molar-refractivity contribution in [1.82, 2.24) is 0 Å². The van der Waals surface area contributed by atoms with Crippen molar-refractivity contribution in [2.45, 2.75) is 31.3 Å². The molecule has 0 saturated heterocycles. The lowest BCUT2D eigenvalue weighted by Gasteiger charge is -2.14. The quantitative estimate of drug-likeness (QED) is 0.579. The van der Waals surface area contributed by atoms with Crippen LogP contribution in [0, 0.1) is 6.92 Å². The largest absolute Gasteiger partial charge is 0.399 e. The predicted molar refractivity (Wildman–Crippen MR) is 71.8 cm³/mol. The SMILES string of the molecule is Cc1c(NCCC(C)O)cc(N)cc1S(N)(=O)=O. The minimum atomic E-state index is -3.79. The summed E-state index contributed by atoms with van der Waals surface area (Å²) in [6.45, 7) is 3.86. The molecule has 0 fully saturated rings. The summed E-state index contributed by atoms with van der Waals surface area (Å²) in [6, 6.07) is 2.98. The predicted octanol–water partition coefficient (Wildman–Crippen LogP) is 0.407. The molecule has 102 valence electrons.